The molecule has 0 aromatic heterocycles. The number of nitrogens with one attached hydrogen (secondary N) is 2. The molecule has 2 rings (SSSR count). The summed E-state index contributed by atoms with van der Waals surface area (Å²) >= 11 is 0. The smallest absolute Gasteiger partial charge is 0.0274 e. The van der Waals surface area contributed by atoms with Crippen LogP contribution in [-0.2, 0) is 0 Å². The van der Waals surface area contributed by atoms with Gasteiger partial charge in [0.2, 0.25) is 0 Å². The number of benzene rings is 2. The second kappa shape index (κ2) is 5.27. The van der Waals surface area contributed by atoms with Gasteiger partial charge in [-0.2, -0.15) is 0 Å². The number of hydrogen-bond acceptors (Lipinski definition) is 1. The Morgan fingerprint density at radius 1 is 0.882 bits per heavy atom. The molecule has 0 aliphatic rings. The maximum Gasteiger partial charge on any atom is -0.0274 e. The van der Waals surface area contributed by atoms with E-state index in [-0.39, 0.29) is 5.84 Å². The van der Waals surface area contributed by atoms with Gasteiger partial charge >= 0.3 is 0 Å². The summed E-state index contributed by atoms with van der Waals surface area (Å²) in [5.41, 5.74) is 17.2. The van der Waals surface area contributed by atoms with Gasteiger partial charge in [0.1, 0.15) is 0 Å². The molecule has 0 fully saturated rings. The standard InChI is InChI=1S/C14H13N3/c15-13(11-7-3-1-4-8-11)17-14(16)12-9-5-2-6-10-12/h1-10,13,15H,(H-,16,17)/q-2. The summed E-state index contributed by atoms with van der Waals surface area (Å²) < 4.78 is 0. The zero-order chi connectivity index (χ0) is 12.1. The minimum absolute atomic E-state index is 0.148. The van der Waals surface area contributed by atoms with Crippen molar-refractivity contribution in [2.45, 2.75) is 6.17 Å². The quantitative estimate of drug-likeness (QED) is 0.552. The third-order valence-electron chi connectivity index (χ3n) is 2.42. The molecule has 86 valence electrons. The van der Waals surface area contributed by atoms with Gasteiger partial charge < -0.3 is 16.5 Å². The van der Waals surface area contributed by atoms with Crippen molar-refractivity contribution in [3.63, 3.8) is 0 Å². The van der Waals surface area contributed by atoms with Crippen LogP contribution in [0.2, 0.25) is 0 Å². The summed E-state index contributed by atoms with van der Waals surface area (Å²) in [6, 6.07) is 18.6. The van der Waals surface area contributed by atoms with E-state index in [1.165, 1.54) is 0 Å². The van der Waals surface area contributed by atoms with E-state index in [4.69, 9.17) is 11.5 Å². The van der Waals surface area contributed by atoms with Crippen LogP contribution >= 0.6 is 0 Å². The van der Waals surface area contributed by atoms with Crippen LogP contribution < -0.4 is 0 Å². The van der Waals surface area contributed by atoms with Crippen molar-refractivity contribution >= 4 is 5.84 Å². The summed E-state index contributed by atoms with van der Waals surface area (Å²) in [6.45, 7) is 0. The molecule has 0 radical (unpaired) electrons. The first-order chi connectivity index (χ1) is 8.27. The average molecular weight is 223 g/mol. The third-order valence-corrected chi connectivity index (χ3v) is 2.42. The van der Waals surface area contributed by atoms with E-state index < -0.39 is 6.17 Å². The molecule has 0 saturated heterocycles. The molecule has 1 atom stereocenters. The summed E-state index contributed by atoms with van der Waals surface area (Å²) in [7, 11) is 0. The molecule has 0 saturated carbocycles. The number of rotatable bonds is 3. The first-order valence-electron chi connectivity index (χ1n) is 5.38. The van der Waals surface area contributed by atoms with Crippen molar-refractivity contribution in [1.29, 1.82) is 0 Å². The van der Waals surface area contributed by atoms with Crippen molar-refractivity contribution in [3.05, 3.63) is 83.3 Å². The largest absolute Gasteiger partial charge is 0.672 e. The SMILES string of the molecule is [NH-]/C(=N\C([NH-])c1ccccc1)c1ccccc1. The molecule has 0 bridgehead atoms. The zero-order valence-corrected chi connectivity index (χ0v) is 9.30. The monoisotopic (exact) mass is 223 g/mol. The molecule has 3 nitrogen and oxygen atoms in total. The van der Waals surface area contributed by atoms with Gasteiger partial charge in [-0.05, 0) is 5.56 Å². The van der Waals surface area contributed by atoms with Crippen molar-refractivity contribution in [3.8, 4) is 0 Å². The van der Waals surface area contributed by atoms with Crippen molar-refractivity contribution in [2.75, 3.05) is 0 Å². The van der Waals surface area contributed by atoms with E-state index in [2.05, 4.69) is 4.99 Å². The Balaban J connectivity index is 2.20. The van der Waals surface area contributed by atoms with Crippen LogP contribution in [0.3, 0.4) is 0 Å². The second-order valence-electron chi connectivity index (χ2n) is 3.66. The van der Waals surface area contributed by atoms with Crippen LogP contribution in [0.4, 0.5) is 0 Å². The lowest BCUT2D eigenvalue weighted by Gasteiger charge is -2.25. The average Bonchev–Trinajstić information content (AvgIpc) is 2.40. The summed E-state index contributed by atoms with van der Waals surface area (Å²) in [6.07, 6.45) is -0.732. The van der Waals surface area contributed by atoms with E-state index >= 15 is 0 Å². The first-order valence-corrected chi connectivity index (χ1v) is 5.38. The van der Waals surface area contributed by atoms with Crippen molar-refractivity contribution in [2.24, 2.45) is 4.99 Å². The molecule has 2 aromatic rings. The second-order valence-corrected chi connectivity index (χ2v) is 3.66. The molecule has 0 spiro atoms. The van der Waals surface area contributed by atoms with Gasteiger partial charge in [-0.25, -0.2) is 0 Å². The zero-order valence-electron chi connectivity index (χ0n) is 9.30. The fourth-order valence-electron chi connectivity index (χ4n) is 1.51. The molecule has 0 aliphatic carbocycles. The topological polar surface area (TPSA) is 60.0 Å². The van der Waals surface area contributed by atoms with Gasteiger partial charge in [-0.3, -0.25) is 0 Å². The van der Waals surface area contributed by atoms with Gasteiger partial charge in [-0.15, -0.1) is 6.17 Å². The molecule has 0 amide bonds. The highest BCUT2D eigenvalue weighted by molar-refractivity contribution is 6.04. The van der Waals surface area contributed by atoms with Crippen LogP contribution in [0, 0.1) is 0 Å². The first kappa shape index (κ1) is 11.4. The Kier molecular flexibility index (Phi) is 3.52. The number of hydrogen-bond donors (Lipinski definition) is 0. The molecule has 2 aromatic carbocycles. The molecule has 3 heteroatoms. The van der Waals surface area contributed by atoms with E-state index in [9.17, 15) is 0 Å². The Morgan fingerprint density at radius 2 is 1.41 bits per heavy atom. The van der Waals surface area contributed by atoms with Crippen molar-refractivity contribution in [1.82, 2.24) is 0 Å². The van der Waals surface area contributed by atoms with Crippen LogP contribution in [-0.4, -0.2) is 5.84 Å². The van der Waals surface area contributed by atoms with Crippen LogP contribution in [0.15, 0.2) is 65.7 Å². The lowest BCUT2D eigenvalue weighted by atomic mass is 10.1. The van der Waals surface area contributed by atoms with Crippen LogP contribution in [0.5, 0.6) is 0 Å². The lowest BCUT2D eigenvalue weighted by Crippen LogP contribution is -1.97. The van der Waals surface area contributed by atoms with Gasteiger partial charge in [0.05, 0.1) is 0 Å². The summed E-state index contributed by atoms with van der Waals surface area (Å²) in [5.74, 6) is 0.148. The summed E-state index contributed by atoms with van der Waals surface area (Å²) in [4.78, 5) is 4.07. The number of amidine groups is 1. The van der Waals surface area contributed by atoms with Gasteiger partial charge in [-0.1, -0.05) is 72.1 Å². The van der Waals surface area contributed by atoms with Gasteiger partial charge in [0.25, 0.3) is 0 Å². The Hall–Kier alpha value is -2.13. The maximum atomic E-state index is 7.89. The highest BCUT2D eigenvalue weighted by Crippen LogP contribution is 2.18. The Labute approximate surface area is 101 Å². The van der Waals surface area contributed by atoms with Gasteiger partial charge in [0, 0.05) is 0 Å². The van der Waals surface area contributed by atoms with Crippen LogP contribution in [0.25, 0.3) is 11.5 Å². The summed E-state index contributed by atoms with van der Waals surface area (Å²) in [5, 5.41) is 0. The molecular weight excluding hydrogens is 210 g/mol. The normalized spacial score (nSPS) is 13.4. The fourth-order valence-corrected chi connectivity index (χ4v) is 1.51. The van der Waals surface area contributed by atoms with Crippen LogP contribution in [0.1, 0.15) is 17.3 Å². The molecule has 1 unspecified atom stereocenters. The molecule has 0 heterocycles. The maximum absolute atomic E-state index is 7.89. The minimum atomic E-state index is -0.732. The van der Waals surface area contributed by atoms with E-state index in [1.54, 1.807) is 0 Å². The third kappa shape index (κ3) is 2.92. The van der Waals surface area contributed by atoms with Crippen molar-refractivity contribution < 1.29 is 0 Å². The number of aliphatic imine (C=N–C) groups is 1. The predicted molar refractivity (Wildman–Crippen MR) is 70.8 cm³/mol. The molecular formula is C14H13N3-2. The minimum Gasteiger partial charge on any atom is -0.672 e. The highest BCUT2D eigenvalue weighted by Gasteiger charge is 1.92. The van der Waals surface area contributed by atoms with E-state index in [0.717, 1.165) is 11.1 Å². The highest BCUT2D eigenvalue weighted by atomic mass is 15.0. The predicted octanol–water partition coefficient (Wildman–Crippen LogP) is 4.24. The molecule has 17 heavy (non-hydrogen) atoms. The van der Waals surface area contributed by atoms with Gasteiger partial charge in [0.15, 0.2) is 0 Å². The van der Waals surface area contributed by atoms with E-state index in [0.29, 0.717) is 0 Å². The Bertz CT molecular complexity index is 491. The lowest BCUT2D eigenvalue weighted by molar-refractivity contribution is 0.920. The molecule has 2 N–H and O–H groups in total. The Morgan fingerprint density at radius 3 is 2.00 bits per heavy atom. The number of nitrogens with zero attached hydrogens (tertiary/aromatic N) is 1. The fraction of sp³-hybridized carbons (Fsp3) is 0.0714. The molecule has 0 aliphatic heterocycles. The van der Waals surface area contributed by atoms with E-state index in [1.807, 2.05) is 60.7 Å².